The number of nitrogens with two attached hydrogens (primary N) is 1. The summed E-state index contributed by atoms with van der Waals surface area (Å²) in [6, 6.07) is 4.27. The number of halogens is 1. The number of amides is 1. The predicted octanol–water partition coefficient (Wildman–Crippen LogP) is 1.43. The highest BCUT2D eigenvalue weighted by atomic mass is 19.1. The highest BCUT2D eigenvalue weighted by Gasteiger charge is 2.23. The zero-order valence-electron chi connectivity index (χ0n) is 10.8. The van der Waals surface area contributed by atoms with Crippen molar-refractivity contribution < 1.29 is 13.9 Å². The van der Waals surface area contributed by atoms with Gasteiger partial charge < -0.3 is 15.4 Å². The van der Waals surface area contributed by atoms with E-state index in [0.29, 0.717) is 42.8 Å². The highest BCUT2D eigenvalue weighted by molar-refractivity contribution is 6.09. The van der Waals surface area contributed by atoms with Gasteiger partial charge in [0.1, 0.15) is 11.5 Å². The fourth-order valence-electron chi connectivity index (χ4n) is 2.37. The van der Waals surface area contributed by atoms with Gasteiger partial charge in [-0.05, 0) is 18.2 Å². The first-order valence-electron chi connectivity index (χ1n) is 6.38. The number of hydrogen-bond donors (Lipinski definition) is 1. The van der Waals surface area contributed by atoms with Crippen LogP contribution in [0.15, 0.2) is 24.4 Å². The molecular weight excluding hydrogens is 261 g/mol. The molecule has 5 nitrogen and oxygen atoms in total. The number of aromatic nitrogens is 1. The minimum Gasteiger partial charge on any atom is -0.398 e. The normalized spacial score (nSPS) is 15.6. The van der Waals surface area contributed by atoms with Crippen LogP contribution in [0.2, 0.25) is 0 Å². The summed E-state index contributed by atoms with van der Waals surface area (Å²) in [5.74, 6) is -0.649. The van der Waals surface area contributed by atoms with E-state index in [1.807, 2.05) is 0 Å². The molecule has 0 saturated carbocycles. The molecule has 1 fully saturated rings. The molecule has 1 saturated heterocycles. The molecule has 1 amide bonds. The maximum absolute atomic E-state index is 13.8. The number of morpholine rings is 1. The number of hydrogen-bond acceptors (Lipinski definition) is 4. The number of nitrogen functional groups attached to an aromatic ring is 1. The maximum Gasteiger partial charge on any atom is 0.273 e. The van der Waals surface area contributed by atoms with Crippen LogP contribution < -0.4 is 5.73 Å². The number of nitrogens with zero attached hydrogens (tertiary/aromatic N) is 2. The second-order valence-electron chi connectivity index (χ2n) is 4.62. The number of fused-ring (bicyclic) bond motifs is 1. The SMILES string of the molecule is Nc1ccc(F)c2ccnc(C(=O)N3CCOCC3)c12. The Morgan fingerprint density at radius 3 is 2.80 bits per heavy atom. The zero-order chi connectivity index (χ0) is 14.1. The van der Waals surface area contributed by atoms with Gasteiger partial charge in [0.25, 0.3) is 5.91 Å². The molecule has 2 aromatic rings. The summed E-state index contributed by atoms with van der Waals surface area (Å²) in [7, 11) is 0. The minimum absolute atomic E-state index is 0.196. The molecule has 2 heterocycles. The van der Waals surface area contributed by atoms with Crippen LogP contribution in [0.25, 0.3) is 10.8 Å². The third-order valence-corrected chi connectivity index (χ3v) is 3.41. The molecule has 1 aliphatic rings. The number of anilines is 1. The second-order valence-corrected chi connectivity index (χ2v) is 4.62. The van der Waals surface area contributed by atoms with E-state index in [1.54, 1.807) is 4.90 Å². The van der Waals surface area contributed by atoms with E-state index in [4.69, 9.17) is 10.5 Å². The first-order chi connectivity index (χ1) is 9.68. The molecule has 0 atom stereocenters. The lowest BCUT2D eigenvalue weighted by Gasteiger charge is -2.26. The molecule has 0 bridgehead atoms. The van der Waals surface area contributed by atoms with Crippen molar-refractivity contribution in [1.29, 1.82) is 0 Å². The standard InChI is InChI=1S/C14H14FN3O2/c15-10-1-2-11(16)12-9(10)3-4-17-13(12)14(19)18-5-7-20-8-6-18/h1-4H,5-8,16H2. The van der Waals surface area contributed by atoms with Crippen molar-refractivity contribution in [3.8, 4) is 0 Å². The highest BCUT2D eigenvalue weighted by Crippen LogP contribution is 2.26. The molecule has 0 unspecified atom stereocenters. The summed E-state index contributed by atoms with van der Waals surface area (Å²) in [5, 5.41) is 0.695. The third kappa shape index (κ3) is 2.08. The first kappa shape index (κ1) is 12.8. The number of benzene rings is 1. The Labute approximate surface area is 115 Å². The summed E-state index contributed by atoms with van der Waals surface area (Å²) >= 11 is 0. The third-order valence-electron chi connectivity index (χ3n) is 3.41. The van der Waals surface area contributed by atoms with Gasteiger partial charge in [0.05, 0.1) is 13.2 Å². The molecule has 0 radical (unpaired) electrons. The van der Waals surface area contributed by atoms with Crippen molar-refractivity contribution in [3.63, 3.8) is 0 Å². The van der Waals surface area contributed by atoms with Crippen molar-refractivity contribution >= 4 is 22.4 Å². The van der Waals surface area contributed by atoms with Crippen LogP contribution in [0.1, 0.15) is 10.5 Å². The van der Waals surface area contributed by atoms with Crippen molar-refractivity contribution in [3.05, 3.63) is 35.9 Å². The van der Waals surface area contributed by atoms with Crippen molar-refractivity contribution in [2.24, 2.45) is 0 Å². The second kappa shape index (κ2) is 5.05. The largest absolute Gasteiger partial charge is 0.398 e. The van der Waals surface area contributed by atoms with Gasteiger partial charge in [-0.2, -0.15) is 0 Å². The number of ether oxygens (including phenoxy) is 1. The van der Waals surface area contributed by atoms with Gasteiger partial charge in [-0.1, -0.05) is 0 Å². The van der Waals surface area contributed by atoms with Gasteiger partial charge in [-0.25, -0.2) is 4.39 Å². The number of rotatable bonds is 1. The molecule has 3 rings (SSSR count). The molecule has 0 spiro atoms. The quantitative estimate of drug-likeness (QED) is 0.799. The van der Waals surface area contributed by atoms with Crippen molar-refractivity contribution in [1.82, 2.24) is 9.88 Å². The molecule has 2 N–H and O–H groups in total. The van der Waals surface area contributed by atoms with E-state index in [1.165, 1.54) is 24.4 Å². The van der Waals surface area contributed by atoms with Crippen LogP contribution in [0.4, 0.5) is 10.1 Å². The van der Waals surface area contributed by atoms with Gasteiger partial charge in [-0.15, -0.1) is 0 Å². The monoisotopic (exact) mass is 275 g/mol. The van der Waals surface area contributed by atoms with Crippen molar-refractivity contribution in [2.45, 2.75) is 0 Å². The summed E-state index contributed by atoms with van der Waals surface area (Å²) in [5.41, 5.74) is 6.44. The van der Waals surface area contributed by atoms with Crippen LogP contribution in [0.5, 0.6) is 0 Å². The molecule has 20 heavy (non-hydrogen) atoms. The number of carbonyl (C=O) groups excluding carboxylic acids is 1. The predicted molar refractivity (Wildman–Crippen MR) is 72.8 cm³/mol. The van der Waals surface area contributed by atoms with E-state index < -0.39 is 5.82 Å². The lowest BCUT2D eigenvalue weighted by atomic mass is 10.1. The summed E-state index contributed by atoms with van der Waals surface area (Å²) in [4.78, 5) is 18.3. The number of pyridine rings is 1. The number of carbonyl (C=O) groups is 1. The maximum atomic E-state index is 13.8. The molecular formula is C14H14FN3O2. The Balaban J connectivity index is 2.11. The zero-order valence-corrected chi connectivity index (χ0v) is 10.8. The van der Waals surface area contributed by atoms with Crippen LogP contribution in [0.3, 0.4) is 0 Å². The van der Waals surface area contributed by atoms with Crippen molar-refractivity contribution in [2.75, 3.05) is 32.0 Å². The Bertz CT molecular complexity index is 669. The fraction of sp³-hybridized carbons (Fsp3) is 0.286. The minimum atomic E-state index is -0.410. The molecule has 104 valence electrons. The van der Waals surface area contributed by atoms with Gasteiger partial charge in [0.2, 0.25) is 0 Å². The Morgan fingerprint density at radius 1 is 1.30 bits per heavy atom. The molecule has 1 aliphatic heterocycles. The van der Waals surface area contributed by atoms with E-state index in [2.05, 4.69) is 4.98 Å². The molecule has 6 heteroatoms. The average molecular weight is 275 g/mol. The van der Waals surface area contributed by atoms with Gasteiger partial charge in [0.15, 0.2) is 0 Å². The Hall–Kier alpha value is -2.21. The summed E-state index contributed by atoms with van der Waals surface area (Å²) in [6.45, 7) is 2.01. The molecule has 0 aliphatic carbocycles. The first-order valence-corrected chi connectivity index (χ1v) is 6.38. The summed E-state index contributed by atoms with van der Waals surface area (Å²) < 4.78 is 19.0. The topological polar surface area (TPSA) is 68.5 Å². The van der Waals surface area contributed by atoms with Crippen LogP contribution in [-0.4, -0.2) is 42.1 Å². The molecule has 1 aromatic carbocycles. The lowest BCUT2D eigenvalue weighted by Crippen LogP contribution is -2.41. The summed E-state index contributed by atoms with van der Waals surface area (Å²) in [6.07, 6.45) is 1.43. The van der Waals surface area contributed by atoms with Crippen LogP contribution >= 0.6 is 0 Å². The average Bonchev–Trinajstić information content (AvgIpc) is 2.51. The fourth-order valence-corrected chi connectivity index (χ4v) is 2.37. The van der Waals surface area contributed by atoms with Crippen LogP contribution in [-0.2, 0) is 4.74 Å². The Morgan fingerprint density at radius 2 is 2.05 bits per heavy atom. The van der Waals surface area contributed by atoms with E-state index in [9.17, 15) is 9.18 Å². The lowest BCUT2D eigenvalue weighted by molar-refractivity contribution is 0.0300. The van der Waals surface area contributed by atoms with Gasteiger partial charge >= 0.3 is 0 Å². The van der Waals surface area contributed by atoms with E-state index in [0.717, 1.165) is 0 Å². The van der Waals surface area contributed by atoms with Gasteiger partial charge in [0, 0.05) is 35.7 Å². The molecule has 1 aromatic heterocycles. The Kier molecular flexibility index (Phi) is 3.23. The van der Waals surface area contributed by atoms with E-state index in [-0.39, 0.29) is 11.6 Å². The van der Waals surface area contributed by atoms with Crippen LogP contribution in [0, 0.1) is 5.82 Å². The van der Waals surface area contributed by atoms with Gasteiger partial charge in [-0.3, -0.25) is 9.78 Å². The van der Waals surface area contributed by atoms with E-state index >= 15 is 0 Å². The smallest absolute Gasteiger partial charge is 0.273 e.